The number of benzene rings is 1. The highest BCUT2D eigenvalue weighted by Gasteiger charge is 2.25. The summed E-state index contributed by atoms with van der Waals surface area (Å²) < 4.78 is 5.61. The van der Waals surface area contributed by atoms with Crippen molar-refractivity contribution in [3.05, 3.63) is 23.8 Å². The van der Waals surface area contributed by atoms with E-state index >= 15 is 0 Å². The normalized spacial score (nSPS) is 24.2. The van der Waals surface area contributed by atoms with Gasteiger partial charge in [0.1, 0.15) is 18.1 Å². The summed E-state index contributed by atoms with van der Waals surface area (Å²) in [5, 5.41) is 13.0. The third kappa shape index (κ3) is 2.69. The Bertz CT molecular complexity index is 444. The Labute approximate surface area is 114 Å². The molecule has 3 rings (SSSR count). The molecule has 4 nitrogen and oxygen atoms in total. The Hall–Kier alpha value is -1.26. The summed E-state index contributed by atoms with van der Waals surface area (Å²) in [5.74, 6) is 1.08. The summed E-state index contributed by atoms with van der Waals surface area (Å²) in [6, 6.07) is 6.20. The number of aromatic hydroxyl groups is 1. The SMILES string of the molecule is CC(CNC1COc2cc(O)ccc21)N1CCCC1. The van der Waals surface area contributed by atoms with E-state index in [4.69, 9.17) is 4.74 Å². The van der Waals surface area contributed by atoms with E-state index in [1.165, 1.54) is 25.9 Å². The van der Waals surface area contributed by atoms with Crippen molar-refractivity contribution in [1.82, 2.24) is 10.2 Å². The van der Waals surface area contributed by atoms with Crippen molar-refractivity contribution in [2.75, 3.05) is 26.2 Å². The molecule has 0 aromatic heterocycles. The second-order valence-electron chi connectivity index (χ2n) is 5.59. The largest absolute Gasteiger partial charge is 0.508 e. The topological polar surface area (TPSA) is 44.7 Å². The average molecular weight is 262 g/mol. The van der Waals surface area contributed by atoms with Crippen LogP contribution in [0.2, 0.25) is 0 Å². The molecule has 19 heavy (non-hydrogen) atoms. The Morgan fingerprint density at radius 2 is 2.21 bits per heavy atom. The summed E-state index contributed by atoms with van der Waals surface area (Å²) in [4.78, 5) is 2.54. The van der Waals surface area contributed by atoms with Crippen LogP contribution in [0.25, 0.3) is 0 Å². The predicted molar refractivity (Wildman–Crippen MR) is 74.6 cm³/mol. The number of nitrogens with one attached hydrogen (secondary N) is 1. The van der Waals surface area contributed by atoms with Crippen LogP contribution in [0.5, 0.6) is 11.5 Å². The average Bonchev–Trinajstić information content (AvgIpc) is 3.05. The number of phenols is 1. The zero-order valence-electron chi connectivity index (χ0n) is 11.4. The highest BCUT2D eigenvalue weighted by molar-refractivity contribution is 5.44. The minimum atomic E-state index is 0.251. The minimum Gasteiger partial charge on any atom is -0.508 e. The number of likely N-dealkylation sites (tertiary alicyclic amines) is 1. The number of ether oxygens (including phenoxy) is 1. The first-order chi connectivity index (χ1) is 9.24. The summed E-state index contributed by atoms with van der Waals surface area (Å²) >= 11 is 0. The van der Waals surface area contributed by atoms with Gasteiger partial charge in [-0.1, -0.05) is 0 Å². The predicted octanol–water partition coefficient (Wildman–Crippen LogP) is 1.90. The van der Waals surface area contributed by atoms with Gasteiger partial charge in [-0.2, -0.15) is 0 Å². The molecule has 2 heterocycles. The van der Waals surface area contributed by atoms with Crippen molar-refractivity contribution >= 4 is 0 Å². The maximum absolute atomic E-state index is 9.44. The molecule has 0 saturated carbocycles. The lowest BCUT2D eigenvalue weighted by molar-refractivity contribution is 0.236. The fourth-order valence-corrected chi connectivity index (χ4v) is 2.99. The highest BCUT2D eigenvalue weighted by Crippen LogP contribution is 2.34. The minimum absolute atomic E-state index is 0.251. The lowest BCUT2D eigenvalue weighted by atomic mass is 10.1. The maximum Gasteiger partial charge on any atom is 0.127 e. The van der Waals surface area contributed by atoms with Crippen molar-refractivity contribution in [2.45, 2.75) is 31.8 Å². The van der Waals surface area contributed by atoms with Gasteiger partial charge in [0.2, 0.25) is 0 Å². The van der Waals surface area contributed by atoms with Crippen LogP contribution in [0.4, 0.5) is 0 Å². The van der Waals surface area contributed by atoms with Crippen LogP contribution in [0, 0.1) is 0 Å². The first kappa shape index (κ1) is 12.8. The summed E-state index contributed by atoms with van der Waals surface area (Å²) in [5.41, 5.74) is 1.16. The first-order valence-corrected chi connectivity index (χ1v) is 7.17. The van der Waals surface area contributed by atoms with E-state index < -0.39 is 0 Å². The van der Waals surface area contributed by atoms with E-state index in [0.717, 1.165) is 17.9 Å². The number of fused-ring (bicyclic) bond motifs is 1. The van der Waals surface area contributed by atoms with Gasteiger partial charge < -0.3 is 15.2 Å². The molecule has 0 spiro atoms. The molecule has 1 aromatic rings. The Morgan fingerprint density at radius 1 is 1.42 bits per heavy atom. The zero-order chi connectivity index (χ0) is 13.2. The molecule has 0 radical (unpaired) electrons. The van der Waals surface area contributed by atoms with Crippen molar-refractivity contribution in [1.29, 1.82) is 0 Å². The molecule has 2 N–H and O–H groups in total. The number of nitrogens with zero attached hydrogens (tertiary/aromatic N) is 1. The molecular formula is C15H22N2O2. The first-order valence-electron chi connectivity index (χ1n) is 7.17. The fraction of sp³-hybridized carbons (Fsp3) is 0.600. The van der Waals surface area contributed by atoms with Gasteiger partial charge in [-0.25, -0.2) is 0 Å². The van der Waals surface area contributed by atoms with Crippen LogP contribution in [-0.4, -0.2) is 42.3 Å². The molecule has 104 valence electrons. The molecule has 0 bridgehead atoms. The van der Waals surface area contributed by atoms with Crippen molar-refractivity contribution in [3.8, 4) is 11.5 Å². The number of hydrogen-bond donors (Lipinski definition) is 2. The number of hydrogen-bond acceptors (Lipinski definition) is 4. The second-order valence-corrected chi connectivity index (χ2v) is 5.59. The number of phenolic OH excluding ortho intramolecular Hbond substituents is 1. The third-order valence-corrected chi connectivity index (χ3v) is 4.20. The van der Waals surface area contributed by atoms with Gasteiger partial charge in [0.15, 0.2) is 0 Å². The van der Waals surface area contributed by atoms with Crippen LogP contribution < -0.4 is 10.1 Å². The second kappa shape index (κ2) is 5.39. The molecule has 1 aromatic carbocycles. The Balaban J connectivity index is 1.57. The van der Waals surface area contributed by atoms with Crippen molar-refractivity contribution in [3.63, 3.8) is 0 Å². The Kier molecular flexibility index (Phi) is 3.62. The lowest BCUT2D eigenvalue weighted by Gasteiger charge is -2.25. The third-order valence-electron chi connectivity index (χ3n) is 4.20. The monoisotopic (exact) mass is 262 g/mol. The summed E-state index contributed by atoms with van der Waals surface area (Å²) in [7, 11) is 0. The van der Waals surface area contributed by atoms with Crippen LogP contribution in [0.1, 0.15) is 31.4 Å². The van der Waals surface area contributed by atoms with E-state index in [9.17, 15) is 5.11 Å². The van der Waals surface area contributed by atoms with Crippen molar-refractivity contribution < 1.29 is 9.84 Å². The molecule has 1 fully saturated rings. The van der Waals surface area contributed by atoms with Crippen LogP contribution in [-0.2, 0) is 0 Å². The van der Waals surface area contributed by atoms with Crippen LogP contribution in [0.15, 0.2) is 18.2 Å². The molecule has 2 unspecified atom stereocenters. The van der Waals surface area contributed by atoms with E-state index in [1.54, 1.807) is 12.1 Å². The van der Waals surface area contributed by atoms with Gasteiger partial charge >= 0.3 is 0 Å². The zero-order valence-corrected chi connectivity index (χ0v) is 11.4. The van der Waals surface area contributed by atoms with Gasteiger partial charge in [-0.3, -0.25) is 4.90 Å². The van der Waals surface area contributed by atoms with E-state index in [2.05, 4.69) is 17.1 Å². The maximum atomic E-state index is 9.44. The van der Waals surface area contributed by atoms with E-state index in [-0.39, 0.29) is 11.8 Å². The summed E-state index contributed by atoms with van der Waals surface area (Å²) in [6.07, 6.45) is 2.66. The quantitative estimate of drug-likeness (QED) is 0.870. The smallest absolute Gasteiger partial charge is 0.127 e. The van der Waals surface area contributed by atoms with E-state index in [0.29, 0.717) is 12.6 Å². The molecule has 2 atom stereocenters. The van der Waals surface area contributed by atoms with Gasteiger partial charge in [-0.05, 0) is 45.0 Å². The molecule has 4 heteroatoms. The molecule has 2 aliphatic heterocycles. The molecule has 0 amide bonds. The standard InChI is InChI=1S/C15H22N2O2/c1-11(17-6-2-3-7-17)9-16-14-10-19-15-8-12(18)4-5-13(14)15/h4-5,8,11,14,16,18H,2-3,6-7,9-10H2,1H3. The van der Waals surface area contributed by atoms with Gasteiger partial charge in [0.25, 0.3) is 0 Å². The lowest BCUT2D eigenvalue weighted by Crippen LogP contribution is -2.40. The highest BCUT2D eigenvalue weighted by atomic mass is 16.5. The summed E-state index contributed by atoms with van der Waals surface area (Å²) in [6.45, 7) is 6.38. The fourth-order valence-electron chi connectivity index (χ4n) is 2.99. The van der Waals surface area contributed by atoms with Crippen LogP contribution in [0.3, 0.4) is 0 Å². The molecule has 2 aliphatic rings. The molecule has 1 saturated heterocycles. The van der Waals surface area contributed by atoms with Crippen LogP contribution >= 0.6 is 0 Å². The van der Waals surface area contributed by atoms with Crippen molar-refractivity contribution in [2.24, 2.45) is 0 Å². The van der Waals surface area contributed by atoms with Gasteiger partial charge in [-0.15, -0.1) is 0 Å². The number of rotatable bonds is 4. The van der Waals surface area contributed by atoms with E-state index in [1.807, 2.05) is 6.07 Å². The molecule has 0 aliphatic carbocycles. The van der Waals surface area contributed by atoms with Gasteiger partial charge in [0.05, 0.1) is 6.04 Å². The van der Waals surface area contributed by atoms with Gasteiger partial charge in [0, 0.05) is 24.2 Å². The Morgan fingerprint density at radius 3 is 3.00 bits per heavy atom. The molecular weight excluding hydrogens is 240 g/mol.